The molecule has 132 valence electrons. The van der Waals surface area contributed by atoms with E-state index in [1.54, 1.807) is 0 Å². The number of benzene rings is 4. The third-order valence-corrected chi connectivity index (χ3v) is 5.16. The molecule has 0 heterocycles. The molecule has 2 heteroatoms. The first-order valence-electron chi connectivity index (χ1n) is 8.78. The van der Waals surface area contributed by atoms with Gasteiger partial charge in [0.2, 0.25) is 0 Å². The van der Waals surface area contributed by atoms with Crippen LogP contribution in [0, 0.1) is 23.7 Å². The summed E-state index contributed by atoms with van der Waals surface area (Å²) < 4.78 is 0. The summed E-state index contributed by atoms with van der Waals surface area (Å²) in [4.78, 5) is 0. The van der Waals surface area contributed by atoms with Crippen LogP contribution in [0.2, 0.25) is 10.0 Å². The molecule has 0 aliphatic heterocycles. The normalized spacial score (nSPS) is 9.93. The molecule has 0 aliphatic rings. The third-order valence-electron chi connectivity index (χ3n) is 4.31. The van der Waals surface area contributed by atoms with Crippen molar-refractivity contribution < 1.29 is 0 Å². The number of hydrogen-bond donors (Lipinski definition) is 0. The smallest absolute Gasteiger partial charge is 0.0768 e. The van der Waals surface area contributed by atoms with Gasteiger partial charge in [0.05, 0.1) is 21.2 Å². The maximum atomic E-state index is 6.62. The monoisotopic (exact) mass is 396 g/mol. The molecule has 0 bridgehead atoms. The Morgan fingerprint density at radius 3 is 1.18 bits per heavy atom. The van der Waals surface area contributed by atoms with Gasteiger partial charge in [-0.25, -0.2) is 0 Å². The van der Waals surface area contributed by atoms with Gasteiger partial charge in [-0.15, -0.1) is 0 Å². The predicted molar refractivity (Wildman–Crippen MR) is 119 cm³/mol. The number of fused-ring (bicyclic) bond motifs is 1. The highest BCUT2D eigenvalue weighted by Crippen LogP contribution is 2.36. The second kappa shape index (κ2) is 8.24. The van der Waals surface area contributed by atoms with Crippen molar-refractivity contribution in [3.8, 4) is 23.7 Å². The molecule has 0 spiro atoms. The van der Waals surface area contributed by atoms with E-state index in [4.69, 9.17) is 23.2 Å². The Morgan fingerprint density at radius 1 is 0.429 bits per heavy atom. The molecule has 0 radical (unpaired) electrons. The molecule has 0 saturated heterocycles. The third kappa shape index (κ3) is 3.76. The lowest BCUT2D eigenvalue weighted by Gasteiger charge is -2.09. The van der Waals surface area contributed by atoms with Gasteiger partial charge in [-0.1, -0.05) is 108 Å². The van der Waals surface area contributed by atoms with Gasteiger partial charge >= 0.3 is 0 Å². The fraction of sp³-hybridized carbons (Fsp3) is 0. The zero-order valence-electron chi connectivity index (χ0n) is 14.8. The van der Waals surface area contributed by atoms with Crippen molar-refractivity contribution in [1.82, 2.24) is 0 Å². The zero-order chi connectivity index (χ0) is 19.3. The van der Waals surface area contributed by atoms with Crippen molar-refractivity contribution >= 4 is 34.0 Å². The molecule has 0 amide bonds. The average Bonchev–Trinajstić information content (AvgIpc) is 2.75. The molecule has 0 fully saturated rings. The van der Waals surface area contributed by atoms with E-state index in [0.717, 1.165) is 33.0 Å². The minimum atomic E-state index is 0.432. The maximum Gasteiger partial charge on any atom is 0.0768 e. The molecule has 0 aliphatic carbocycles. The van der Waals surface area contributed by atoms with Crippen LogP contribution in [0.1, 0.15) is 22.3 Å². The average molecular weight is 397 g/mol. The molecule has 0 N–H and O–H groups in total. The Labute approximate surface area is 174 Å². The summed E-state index contributed by atoms with van der Waals surface area (Å²) in [6.07, 6.45) is 0. The van der Waals surface area contributed by atoms with Gasteiger partial charge in [0.15, 0.2) is 0 Å². The highest BCUT2D eigenvalue weighted by molar-refractivity contribution is 6.44. The van der Waals surface area contributed by atoms with Crippen LogP contribution >= 0.6 is 23.2 Å². The van der Waals surface area contributed by atoms with E-state index >= 15 is 0 Å². The van der Waals surface area contributed by atoms with E-state index in [-0.39, 0.29) is 0 Å². The molecule has 0 nitrogen and oxygen atoms in total. The van der Waals surface area contributed by atoms with Crippen molar-refractivity contribution in [2.45, 2.75) is 0 Å². The largest absolute Gasteiger partial charge is 0.0813 e. The van der Waals surface area contributed by atoms with Gasteiger partial charge in [-0.05, 0) is 24.3 Å². The van der Waals surface area contributed by atoms with Crippen LogP contribution < -0.4 is 0 Å². The standard InChI is InChI=1S/C26H14Cl2/c27-25-23(17-15-19-9-3-1-4-10-19)21-13-7-8-14-22(21)24(26(25)28)18-16-20-11-5-2-6-12-20/h1-14H. The van der Waals surface area contributed by atoms with Crippen LogP contribution in [0.4, 0.5) is 0 Å². The Kier molecular flexibility index (Phi) is 5.36. The second-order valence-corrected chi connectivity index (χ2v) is 6.91. The summed E-state index contributed by atoms with van der Waals surface area (Å²) in [6, 6.07) is 27.5. The highest BCUT2D eigenvalue weighted by atomic mass is 35.5. The predicted octanol–water partition coefficient (Wildman–Crippen LogP) is 6.95. The van der Waals surface area contributed by atoms with Gasteiger partial charge in [0.1, 0.15) is 0 Å². The second-order valence-electron chi connectivity index (χ2n) is 6.16. The van der Waals surface area contributed by atoms with Crippen LogP contribution in [0.25, 0.3) is 10.8 Å². The topological polar surface area (TPSA) is 0 Å². The summed E-state index contributed by atoms with van der Waals surface area (Å²) >= 11 is 13.2. The lowest BCUT2D eigenvalue weighted by atomic mass is 9.99. The van der Waals surface area contributed by atoms with Crippen LogP contribution in [0.5, 0.6) is 0 Å². The van der Waals surface area contributed by atoms with E-state index < -0.39 is 0 Å². The van der Waals surface area contributed by atoms with Crippen LogP contribution in [0.15, 0.2) is 84.9 Å². The van der Waals surface area contributed by atoms with Crippen LogP contribution in [-0.4, -0.2) is 0 Å². The maximum absolute atomic E-state index is 6.62. The SMILES string of the molecule is Clc1c(Cl)c(C#Cc2ccccc2)c2ccccc2c1C#Cc1ccccc1. The van der Waals surface area contributed by atoms with Crippen molar-refractivity contribution in [3.63, 3.8) is 0 Å². The van der Waals surface area contributed by atoms with Crippen LogP contribution in [-0.2, 0) is 0 Å². The number of rotatable bonds is 0. The molecule has 0 aromatic heterocycles. The van der Waals surface area contributed by atoms with Gasteiger partial charge in [0, 0.05) is 21.9 Å². The molecule has 4 rings (SSSR count). The molecule has 4 aromatic carbocycles. The van der Waals surface area contributed by atoms with E-state index in [2.05, 4.69) is 23.7 Å². The Hall–Kier alpha value is -3.16. The molecule has 0 saturated carbocycles. The molecule has 4 aromatic rings. The Morgan fingerprint density at radius 2 is 0.786 bits per heavy atom. The van der Waals surface area contributed by atoms with E-state index in [9.17, 15) is 0 Å². The molecule has 0 unspecified atom stereocenters. The van der Waals surface area contributed by atoms with Gasteiger partial charge < -0.3 is 0 Å². The minimum Gasteiger partial charge on any atom is -0.0813 e. The number of halogens is 2. The van der Waals surface area contributed by atoms with Gasteiger partial charge in [-0.3, -0.25) is 0 Å². The van der Waals surface area contributed by atoms with Crippen molar-refractivity contribution in [3.05, 3.63) is 117 Å². The lowest BCUT2D eigenvalue weighted by molar-refractivity contribution is 1.62. The van der Waals surface area contributed by atoms with E-state index in [1.165, 1.54) is 0 Å². The Bertz CT molecular complexity index is 1160. The first-order chi connectivity index (χ1) is 13.7. The quantitative estimate of drug-likeness (QED) is 0.282. The molecular formula is C26H14Cl2. The van der Waals surface area contributed by atoms with Gasteiger partial charge in [-0.2, -0.15) is 0 Å². The molecule has 28 heavy (non-hydrogen) atoms. The lowest BCUT2D eigenvalue weighted by Crippen LogP contribution is -1.90. The minimum absolute atomic E-state index is 0.432. The van der Waals surface area contributed by atoms with E-state index in [1.807, 2.05) is 84.9 Å². The Balaban J connectivity index is 1.90. The number of hydrogen-bond acceptors (Lipinski definition) is 0. The molecular weight excluding hydrogens is 383 g/mol. The fourth-order valence-corrected chi connectivity index (χ4v) is 3.42. The zero-order valence-corrected chi connectivity index (χ0v) is 16.4. The van der Waals surface area contributed by atoms with Crippen LogP contribution in [0.3, 0.4) is 0 Å². The first-order valence-corrected chi connectivity index (χ1v) is 9.53. The van der Waals surface area contributed by atoms with Crippen molar-refractivity contribution in [2.24, 2.45) is 0 Å². The van der Waals surface area contributed by atoms with E-state index in [0.29, 0.717) is 10.0 Å². The first kappa shape index (κ1) is 18.2. The summed E-state index contributed by atoms with van der Waals surface area (Å²) in [7, 11) is 0. The highest BCUT2D eigenvalue weighted by Gasteiger charge is 2.14. The summed E-state index contributed by atoms with van der Waals surface area (Å²) in [5.41, 5.74) is 3.28. The van der Waals surface area contributed by atoms with Crippen molar-refractivity contribution in [1.29, 1.82) is 0 Å². The van der Waals surface area contributed by atoms with Crippen molar-refractivity contribution in [2.75, 3.05) is 0 Å². The van der Waals surface area contributed by atoms with Gasteiger partial charge in [0.25, 0.3) is 0 Å². The fourth-order valence-electron chi connectivity index (χ4n) is 2.93. The summed E-state index contributed by atoms with van der Waals surface area (Å²) in [6.45, 7) is 0. The summed E-state index contributed by atoms with van der Waals surface area (Å²) in [5, 5.41) is 2.75. The summed E-state index contributed by atoms with van der Waals surface area (Å²) in [5.74, 6) is 12.7. The molecule has 0 atom stereocenters.